The van der Waals surface area contributed by atoms with E-state index in [2.05, 4.69) is 5.43 Å². The summed E-state index contributed by atoms with van der Waals surface area (Å²) in [6, 6.07) is 2.82. The minimum Gasteiger partial charge on any atom is -0.339 e. The Balaban J connectivity index is 2.19. The average molecular weight is 337 g/mol. The number of likely N-dealkylation sites (tertiary alicyclic amines) is 1. The van der Waals surface area contributed by atoms with Gasteiger partial charge in [0.15, 0.2) is 0 Å². The van der Waals surface area contributed by atoms with E-state index < -0.39 is 27.1 Å². The lowest BCUT2D eigenvalue weighted by Crippen LogP contribution is -2.44. The second-order valence-corrected chi connectivity index (χ2v) is 5.33. The number of hydrogen-bond donors (Lipinski definition) is 2. The molecule has 0 atom stereocenters. The number of piperidine rings is 1. The molecule has 24 heavy (non-hydrogen) atoms. The first kappa shape index (κ1) is 17.3. The van der Waals surface area contributed by atoms with E-state index in [1.807, 2.05) is 0 Å². The molecule has 2 amide bonds. The normalized spacial score (nSPS) is 15.0. The van der Waals surface area contributed by atoms with Crippen molar-refractivity contribution < 1.29 is 19.4 Å². The molecular weight excluding hydrogens is 322 g/mol. The number of hydrogen-bond acceptors (Lipinski definition) is 7. The number of nitro benzene ring substituents is 2. The number of benzene rings is 1. The number of nitrogens with zero attached hydrogens (tertiary/aromatic N) is 3. The molecular formula is C13H15N5O6. The third kappa shape index (κ3) is 3.63. The number of hydrazine groups is 1. The molecule has 128 valence electrons. The molecule has 0 radical (unpaired) electrons. The zero-order valence-electron chi connectivity index (χ0n) is 12.5. The largest absolute Gasteiger partial charge is 0.339 e. The van der Waals surface area contributed by atoms with Gasteiger partial charge >= 0.3 is 0 Å². The van der Waals surface area contributed by atoms with Crippen LogP contribution >= 0.6 is 0 Å². The van der Waals surface area contributed by atoms with Crippen LogP contribution in [0.4, 0.5) is 11.4 Å². The maximum Gasteiger partial charge on any atom is 0.277 e. The van der Waals surface area contributed by atoms with Gasteiger partial charge in [0, 0.05) is 31.1 Å². The lowest BCUT2D eigenvalue weighted by Gasteiger charge is -2.31. The zero-order chi connectivity index (χ0) is 17.9. The number of carbonyl (C=O) groups excluding carboxylic acids is 2. The van der Waals surface area contributed by atoms with Crippen LogP contribution < -0.4 is 11.3 Å². The Morgan fingerprint density at radius 2 is 1.58 bits per heavy atom. The van der Waals surface area contributed by atoms with E-state index in [9.17, 15) is 29.8 Å². The molecule has 1 saturated heterocycles. The van der Waals surface area contributed by atoms with Crippen LogP contribution in [0.2, 0.25) is 0 Å². The summed E-state index contributed by atoms with van der Waals surface area (Å²) >= 11 is 0. The monoisotopic (exact) mass is 337 g/mol. The van der Waals surface area contributed by atoms with E-state index in [1.165, 1.54) is 4.90 Å². The van der Waals surface area contributed by atoms with Gasteiger partial charge in [-0.25, -0.2) is 5.84 Å². The van der Waals surface area contributed by atoms with Crippen LogP contribution in [-0.2, 0) is 4.79 Å². The highest BCUT2D eigenvalue weighted by atomic mass is 16.6. The molecule has 2 rings (SSSR count). The van der Waals surface area contributed by atoms with Crippen molar-refractivity contribution in [2.45, 2.75) is 12.8 Å². The van der Waals surface area contributed by atoms with E-state index in [0.717, 1.165) is 18.2 Å². The Labute approximate surface area is 135 Å². The first-order valence-electron chi connectivity index (χ1n) is 7.07. The van der Waals surface area contributed by atoms with Crippen molar-refractivity contribution in [1.29, 1.82) is 0 Å². The van der Waals surface area contributed by atoms with Crippen molar-refractivity contribution >= 4 is 23.2 Å². The number of nitrogens with two attached hydrogens (primary N) is 1. The summed E-state index contributed by atoms with van der Waals surface area (Å²) in [5.74, 6) is 3.90. The molecule has 11 heteroatoms. The topological polar surface area (TPSA) is 162 Å². The minimum atomic E-state index is -0.790. The number of nitro groups is 2. The maximum absolute atomic E-state index is 12.5. The first-order valence-corrected chi connectivity index (χ1v) is 7.07. The van der Waals surface area contributed by atoms with E-state index in [1.54, 1.807) is 0 Å². The van der Waals surface area contributed by atoms with Crippen LogP contribution in [0.25, 0.3) is 0 Å². The molecule has 11 nitrogen and oxygen atoms in total. The van der Waals surface area contributed by atoms with Gasteiger partial charge in [-0.2, -0.15) is 0 Å². The fourth-order valence-electron chi connectivity index (χ4n) is 2.57. The van der Waals surface area contributed by atoms with Gasteiger partial charge in [0.25, 0.3) is 17.3 Å². The lowest BCUT2D eigenvalue weighted by molar-refractivity contribution is -0.394. The number of non-ortho nitro benzene ring substituents is 2. The van der Waals surface area contributed by atoms with Crippen LogP contribution in [0.5, 0.6) is 0 Å². The van der Waals surface area contributed by atoms with Crippen molar-refractivity contribution in [1.82, 2.24) is 10.3 Å². The fraction of sp³-hybridized carbons (Fsp3) is 0.385. The Morgan fingerprint density at radius 3 is 2.00 bits per heavy atom. The smallest absolute Gasteiger partial charge is 0.277 e. The van der Waals surface area contributed by atoms with E-state index >= 15 is 0 Å². The zero-order valence-corrected chi connectivity index (χ0v) is 12.5. The number of amides is 2. The molecule has 0 aromatic heterocycles. The SMILES string of the molecule is NNC(=O)C1CCN(C(=O)c2cc([N+](=O)[O-])cc([N+](=O)[O-])c2)CC1. The van der Waals surface area contributed by atoms with Gasteiger partial charge < -0.3 is 4.90 Å². The summed E-state index contributed by atoms with van der Waals surface area (Å²) in [7, 11) is 0. The molecule has 0 unspecified atom stereocenters. The van der Waals surface area contributed by atoms with Crippen LogP contribution in [0.1, 0.15) is 23.2 Å². The Hall–Kier alpha value is -3.08. The first-order chi connectivity index (χ1) is 11.3. The van der Waals surface area contributed by atoms with Gasteiger partial charge in [-0.3, -0.25) is 35.2 Å². The summed E-state index contributed by atoms with van der Waals surface area (Å²) in [4.78, 5) is 45.5. The predicted molar refractivity (Wildman–Crippen MR) is 80.7 cm³/mol. The standard InChI is InChI=1S/C13H15N5O6/c14-15-12(19)8-1-3-16(4-2-8)13(20)9-5-10(17(21)22)7-11(6-9)18(23)24/h5-8H,1-4,14H2,(H,15,19). The van der Waals surface area contributed by atoms with Crippen molar-refractivity contribution in [3.05, 3.63) is 44.0 Å². The van der Waals surface area contributed by atoms with Gasteiger partial charge in [-0.05, 0) is 12.8 Å². The fourth-order valence-corrected chi connectivity index (χ4v) is 2.57. The summed E-state index contributed by atoms with van der Waals surface area (Å²) in [6.07, 6.45) is 0.789. The third-order valence-electron chi connectivity index (χ3n) is 3.87. The Morgan fingerprint density at radius 1 is 1.08 bits per heavy atom. The molecule has 0 bridgehead atoms. The molecule has 0 aliphatic carbocycles. The van der Waals surface area contributed by atoms with Crippen molar-refractivity contribution in [2.24, 2.45) is 11.8 Å². The summed E-state index contributed by atoms with van der Waals surface area (Å²) in [5.41, 5.74) is 0.884. The van der Waals surface area contributed by atoms with Crippen molar-refractivity contribution in [3.63, 3.8) is 0 Å². The molecule has 1 aromatic rings. The second kappa shape index (κ2) is 7.00. The lowest BCUT2D eigenvalue weighted by atomic mass is 9.95. The van der Waals surface area contributed by atoms with Crippen molar-refractivity contribution in [3.8, 4) is 0 Å². The summed E-state index contributed by atoms with van der Waals surface area (Å²) in [5, 5.41) is 21.8. The molecule has 1 fully saturated rings. The Bertz CT molecular complexity index is 666. The molecule has 0 saturated carbocycles. The van der Waals surface area contributed by atoms with E-state index in [-0.39, 0.29) is 30.5 Å². The number of carbonyl (C=O) groups is 2. The molecule has 1 aliphatic heterocycles. The van der Waals surface area contributed by atoms with Crippen LogP contribution in [0.15, 0.2) is 18.2 Å². The minimum absolute atomic E-state index is 0.127. The highest BCUT2D eigenvalue weighted by Gasteiger charge is 2.29. The van der Waals surface area contributed by atoms with Crippen LogP contribution in [0.3, 0.4) is 0 Å². The predicted octanol–water partition coefficient (Wildman–Crippen LogP) is 0.345. The molecule has 0 spiro atoms. The molecule has 1 heterocycles. The maximum atomic E-state index is 12.5. The molecule has 1 aromatic carbocycles. The van der Waals surface area contributed by atoms with Crippen LogP contribution in [-0.4, -0.2) is 39.7 Å². The summed E-state index contributed by atoms with van der Waals surface area (Å²) in [6.45, 7) is 0.515. The van der Waals surface area contributed by atoms with Crippen molar-refractivity contribution in [2.75, 3.05) is 13.1 Å². The number of rotatable bonds is 4. The number of nitrogens with one attached hydrogen (secondary N) is 1. The quantitative estimate of drug-likeness (QED) is 0.346. The summed E-state index contributed by atoms with van der Waals surface area (Å²) < 4.78 is 0. The van der Waals surface area contributed by atoms with Gasteiger partial charge in [0.1, 0.15) is 0 Å². The van der Waals surface area contributed by atoms with Crippen LogP contribution in [0, 0.1) is 26.1 Å². The van der Waals surface area contributed by atoms with E-state index in [4.69, 9.17) is 5.84 Å². The van der Waals surface area contributed by atoms with Gasteiger partial charge in [0.2, 0.25) is 5.91 Å². The van der Waals surface area contributed by atoms with E-state index in [0.29, 0.717) is 12.8 Å². The third-order valence-corrected chi connectivity index (χ3v) is 3.87. The van der Waals surface area contributed by atoms with Gasteiger partial charge in [0.05, 0.1) is 21.5 Å². The van der Waals surface area contributed by atoms with Gasteiger partial charge in [-0.1, -0.05) is 0 Å². The van der Waals surface area contributed by atoms with Gasteiger partial charge in [-0.15, -0.1) is 0 Å². The highest BCUT2D eigenvalue weighted by molar-refractivity contribution is 5.95. The second-order valence-electron chi connectivity index (χ2n) is 5.33. The Kier molecular flexibility index (Phi) is 5.04. The highest BCUT2D eigenvalue weighted by Crippen LogP contribution is 2.25. The molecule has 1 aliphatic rings. The average Bonchev–Trinajstić information content (AvgIpc) is 2.60. The molecule has 3 N–H and O–H groups in total.